The van der Waals surface area contributed by atoms with Crippen LogP contribution < -0.4 is 16.8 Å². The van der Waals surface area contributed by atoms with E-state index in [0.717, 1.165) is 16.3 Å². The number of carbonyl (C=O) groups is 4. The van der Waals surface area contributed by atoms with Crippen molar-refractivity contribution in [3.8, 4) is 0 Å². The fraction of sp³-hybridized carbons (Fsp3) is 0.310. The predicted octanol–water partition coefficient (Wildman–Crippen LogP) is 2.50. The molecular weight excluding hydrogens is 518 g/mol. The molecular formula is C29H32ClN5O4. The zero-order valence-corrected chi connectivity index (χ0v) is 22.6. The Balaban J connectivity index is 1.77. The smallest absolute Gasteiger partial charge is 0.261 e. The molecule has 10 heteroatoms. The van der Waals surface area contributed by atoms with E-state index in [2.05, 4.69) is 5.32 Å². The minimum Gasteiger partial charge on any atom is -0.368 e. The molecule has 0 aromatic heterocycles. The largest absolute Gasteiger partial charge is 0.368 e. The van der Waals surface area contributed by atoms with Crippen LogP contribution in [0.15, 0.2) is 66.7 Å². The Labute approximate surface area is 232 Å². The van der Waals surface area contributed by atoms with Gasteiger partial charge in [0.15, 0.2) is 6.17 Å². The maximum Gasteiger partial charge on any atom is 0.261 e. The van der Waals surface area contributed by atoms with Gasteiger partial charge in [0.05, 0.1) is 0 Å². The third-order valence-electron chi connectivity index (χ3n) is 7.10. The lowest BCUT2D eigenvalue weighted by molar-refractivity contribution is -0.149. The van der Waals surface area contributed by atoms with Crippen LogP contribution in [0.25, 0.3) is 10.8 Å². The first-order valence-corrected chi connectivity index (χ1v) is 13.1. The van der Waals surface area contributed by atoms with Gasteiger partial charge in [-0.1, -0.05) is 66.2 Å². The van der Waals surface area contributed by atoms with Crippen molar-refractivity contribution in [1.29, 1.82) is 0 Å². The third kappa shape index (κ3) is 6.05. The molecule has 0 radical (unpaired) electrons. The highest BCUT2D eigenvalue weighted by Gasteiger charge is 2.44. The first kappa shape index (κ1) is 28.1. The summed E-state index contributed by atoms with van der Waals surface area (Å²) in [7, 11) is 0. The minimum absolute atomic E-state index is 0.189. The first-order valence-electron chi connectivity index (χ1n) is 12.7. The average molecular weight is 550 g/mol. The van der Waals surface area contributed by atoms with Gasteiger partial charge in [-0.05, 0) is 47.4 Å². The van der Waals surface area contributed by atoms with Gasteiger partial charge < -0.3 is 26.6 Å². The summed E-state index contributed by atoms with van der Waals surface area (Å²) in [5, 5.41) is 4.76. The Bertz CT molecular complexity index is 1410. The Morgan fingerprint density at radius 3 is 2.46 bits per heavy atom. The fourth-order valence-corrected chi connectivity index (χ4v) is 5.42. The molecule has 3 aromatic rings. The summed E-state index contributed by atoms with van der Waals surface area (Å²) in [5.74, 6) is -2.23. The van der Waals surface area contributed by atoms with Crippen LogP contribution in [0.1, 0.15) is 37.4 Å². The van der Waals surface area contributed by atoms with Crippen LogP contribution in [0.3, 0.4) is 0 Å². The molecule has 0 bridgehead atoms. The maximum atomic E-state index is 14.3. The van der Waals surface area contributed by atoms with Crippen molar-refractivity contribution < 1.29 is 19.2 Å². The second-order valence-corrected chi connectivity index (χ2v) is 10.2. The number of amides is 4. The Hall–Kier alpha value is -3.95. The number of carbonyl (C=O) groups excluding carboxylic acids is 4. The molecule has 4 atom stereocenters. The van der Waals surface area contributed by atoms with Gasteiger partial charge in [-0.3, -0.25) is 19.2 Å². The molecule has 0 saturated carbocycles. The number of rotatable bonds is 7. The standard InChI is InChI=1S/C29H32ClN5O4/c1-17-13-14-34(24(27(32)37)16-20-9-5-8-19-7-3-4-12-23(19)20)28(38)25(21-10-6-11-22(30)15-21)35(17)29(39)26(31)33-18(2)36/h3-12,15,17,24-26H,13-14,16,31H2,1-2H3,(H2,32,37)(H,33,36)/t17-,24-,25+,26?/m1/s1. The minimum atomic E-state index is -1.35. The first-order chi connectivity index (χ1) is 18.6. The zero-order chi connectivity index (χ0) is 28.3. The van der Waals surface area contributed by atoms with Gasteiger partial charge >= 0.3 is 0 Å². The number of benzene rings is 3. The number of nitrogens with two attached hydrogens (primary N) is 2. The quantitative estimate of drug-likeness (QED) is 0.389. The van der Waals surface area contributed by atoms with Crippen LogP contribution in [-0.2, 0) is 25.6 Å². The van der Waals surface area contributed by atoms with E-state index in [1.54, 1.807) is 31.2 Å². The number of nitrogens with zero attached hydrogens (tertiary/aromatic N) is 2. The number of nitrogens with one attached hydrogen (secondary N) is 1. The van der Waals surface area contributed by atoms with Crippen molar-refractivity contribution in [3.63, 3.8) is 0 Å². The summed E-state index contributed by atoms with van der Waals surface area (Å²) in [6.07, 6.45) is -0.785. The molecule has 1 unspecified atom stereocenters. The van der Waals surface area contributed by atoms with Crippen molar-refractivity contribution in [2.75, 3.05) is 6.54 Å². The van der Waals surface area contributed by atoms with Crippen LogP contribution in [0.5, 0.6) is 0 Å². The topological polar surface area (TPSA) is 139 Å². The summed E-state index contributed by atoms with van der Waals surface area (Å²) >= 11 is 6.28. The molecule has 5 N–H and O–H groups in total. The summed E-state index contributed by atoms with van der Waals surface area (Å²) < 4.78 is 0. The molecule has 0 aliphatic carbocycles. The normalized spacial score (nSPS) is 19.3. The summed E-state index contributed by atoms with van der Waals surface area (Å²) in [5.41, 5.74) is 13.3. The molecule has 1 aliphatic heterocycles. The van der Waals surface area contributed by atoms with E-state index in [1.165, 1.54) is 16.7 Å². The second-order valence-electron chi connectivity index (χ2n) is 9.81. The second kappa shape index (κ2) is 11.8. The Morgan fingerprint density at radius 2 is 1.77 bits per heavy atom. The van der Waals surface area contributed by atoms with Gasteiger partial charge in [0, 0.05) is 31.0 Å². The van der Waals surface area contributed by atoms with Crippen LogP contribution >= 0.6 is 11.6 Å². The molecule has 39 heavy (non-hydrogen) atoms. The lowest BCUT2D eigenvalue weighted by atomic mass is 9.96. The van der Waals surface area contributed by atoms with E-state index in [4.69, 9.17) is 23.1 Å². The van der Waals surface area contributed by atoms with Crippen molar-refractivity contribution >= 4 is 46.0 Å². The van der Waals surface area contributed by atoms with Crippen LogP contribution in [0.4, 0.5) is 0 Å². The number of fused-ring (bicyclic) bond motifs is 1. The molecule has 4 rings (SSSR count). The molecule has 1 heterocycles. The van der Waals surface area contributed by atoms with Gasteiger partial charge in [0.2, 0.25) is 11.8 Å². The van der Waals surface area contributed by atoms with Crippen molar-refractivity contribution in [1.82, 2.24) is 15.1 Å². The van der Waals surface area contributed by atoms with E-state index in [-0.39, 0.29) is 13.0 Å². The molecule has 1 saturated heterocycles. The number of hydrogen-bond acceptors (Lipinski definition) is 5. The number of halogens is 1. The highest BCUT2D eigenvalue weighted by Crippen LogP contribution is 2.33. The van der Waals surface area contributed by atoms with Crippen LogP contribution in [0.2, 0.25) is 5.02 Å². The molecule has 3 aromatic carbocycles. The molecule has 204 valence electrons. The van der Waals surface area contributed by atoms with E-state index < -0.39 is 47.9 Å². The van der Waals surface area contributed by atoms with E-state index in [9.17, 15) is 19.2 Å². The molecule has 1 fully saturated rings. The SMILES string of the molecule is CC(=O)NC(N)C(=O)N1[C@H](C)CCN([C@H](Cc2cccc3ccccc23)C(N)=O)C(=O)[C@@H]1c1cccc(Cl)c1. The summed E-state index contributed by atoms with van der Waals surface area (Å²) in [6, 6.07) is 17.7. The number of hydrogen-bond donors (Lipinski definition) is 3. The highest BCUT2D eigenvalue weighted by molar-refractivity contribution is 6.30. The predicted molar refractivity (Wildman–Crippen MR) is 149 cm³/mol. The number of primary amides is 1. The average Bonchev–Trinajstić information content (AvgIpc) is 3.02. The van der Waals surface area contributed by atoms with Crippen LogP contribution in [-0.4, -0.2) is 58.2 Å². The lowest BCUT2D eigenvalue weighted by Gasteiger charge is -2.37. The van der Waals surface area contributed by atoms with Crippen molar-refractivity contribution in [2.24, 2.45) is 11.5 Å². The maximum absolute atomic E-state index is 14.3. The third-order valence-corrected chi connectivity index (χ3v) is 7.33. The zero-order valence-electron chi connectivity index (χ0n) is 21.8. The van der Waals surface area contributed by atoms with Gasteiger partial charge in [-0.15, -0.1) is 0 Å². The highest BCUT2D eigenvalue weighted by atomic mass is 35.5. The summed E-state index contributed by atoms with van der Waals surface area (Å²) in [6.45, 7) is 3.25. The van der Waals surface area contributed by atoms with E-state index in [1.807, 2.05) is 42.5 Å². The van der Waals surface area contributed by atoms with Crippen molar-refractivity contribution in [3.05, 3.63) is 82.9 Å². The molecule has 0 spiro atoms. The van der Waals surface area contributed by atoms with Gasteiger partial charge in [0.1, 0.15) is 12.1 Å². The molecule has 9 nitrogen and oxygen atoms in total. The van der Waals surface area contributed by atoms with Gasteiger partial charge in [-0.25, -0.2) is 0 Å². The lowest BCUT2D eigenvalue weighted by Crippen LogP contribution is -2.57. The molecule has 1 aliphatic rings. The van der Waals surface area contributed by atoms with Gasteiger partial charge in [-0.2, -0.15) is 0 Å². The van der Waals surface area contributed by atoms with E-state index in [0.29, 0.717) is 17.0 Å². The van der Waals surface area contributed by atoms with Crippen LogP contribution in [0, 0.1) is 0 Å². The fourth-order valence-electron chi connectivity index (χ4n) is 5.22. The van der Waals surface area contributed by atoms with Crippen molar-refractivity contribution in [2.45, 2.75) is 51.0 Å². The van der Waals surface area contributed by atoms with Gasteiger partial charge in [0.25, 0.3) is 11.8 Å². The Morgan fingerprint density at radius 1 is 1.08 bits per heavy atom. The monoisotopic (exact) mass is 549 g/mol. The molecule has 4 amide bonds. The van der Waals surface area contributed by atoms with E-state index >= 15 is 0 Å². The Kier molecular flexibility index (Phi) is 8.52. The summed E-state index contributed by atoms with van der Waals surface area (Å²) in [4.78, 5) is 55.2.